The number of tetrazole rings is 1. The van der Waals surface area contributed by atoms with Crippen LogP contribution in [0.3, 0.4) is 0 Å². The summed E-state index contributed by atoms with van der Waals surface area (Å²) in [5.74, 6) is 0.623. The Balaban J connectivity index is 2.06. The summed E-state index contributed by atoms with van der Waals surface area (Å²) in [6.07, 6.45) is 1.27. The number of aryl methyl sites for hydroxylation is 1. The van der Waals surface area contributed by atoms with Gasteiger partial charge in [-0.25, -0.2) is 0 Å². The fourth-order valence-electron chi connectivity index (χ4n) is 1.34. The molecule has 0 aliphatic heterocycles. The predicted octanol–water partition coefficient (Wildman–Crippen LogP) is 1.64. The van der Waals surface area contributed by atoms with Crippen LogP contribution >= 0.6 is 0 Å². The molecule has 1 aromatic heterocycles. The molecule has 0 saturated heterocycles. The topological polar surface area (TPSA) is 67.4 Å². The Labute approximate surface area is 93.3 Å². The fourth-order valence-corrected chi connectivity index (χ4v) is 1.34. The number of nitrogens with zero attached hydrogens (tertiary/aromatic N) is 5. The van der Waals surface area contributed by atoms with Crippen molar-refractivity contribution in [2.24, 2.45) is 0 Å². The number of aromatic nitrogens is 4. The minimum atomic E-state index is 0.516. The molecular formula is C11H11N5. The van der Waals surface area contributed by atoms with Crippen molar-refractivity contribution in [3.8, 4) is 17.5 Å². The molecule has 0 N–H and O–H groups in total. The summed E-state index contributed by atoms with van der Waals surface area (Å²) in [5.41, 5.74) is 0.953. The number of hydrogen-bond acceptors (Lipinski definition) is 4. The summed E-state index contributed by atoms with van der Waals surface area (Å²) >= 11 is 0. The zero-order valence-corrected chi connectivity index (χ0v) is 8.74. The second-order valence-corrected chi connectivity index (χ2v) is 3.34. The summed E-state index contributed by atoms with van der Waals surface area (Å²) in [6.45, 7) is 0.632. The van der Waals surface area contributed by atoms with Crippen LogP contribution in [0.25, 0.3) is 11.4 Å². The van der Waals surface area contributed by atoms with Gasteiger partial charge in [-0.1, -0.05) is 30.3 Å². The van der Waals surface area contributed by atoms with Crippen LogP contribution in [0.2, 0.25) is 0 Å². The minimum absolute atomic E-state index is 0.516. The summed E-state index contributed by atoms with van der Waals surface area (Å²) in [6, 6.07) is 11.8. The van der Waals surface area contributed by atoms with Crippen LogP contribution in [0.5, 0.6) is 0 Å². The van der Waals surface area contributed by atoms with E-state index in [2.05, 4.69) is 21.5 Å². The highest BCUT2D eigenvalue weighted by atomic mass is 15.6. The van der Waals surface area contributed by atoms with Crippen LogP contribution in [0.1, 0.15) is 12.8 Å². The van der Waals surface area contributed by atoms with E-state index >= 15 is 0 Å². The second-order valence-electron chi connectivity index (χ2n) is 3.34. The maximum absolute atomic E-state index is 8.41. The van der Waals surface area contributed by atoms with Crippen LogP contribution in [0, 0.1) is 11.3 Å². The molecular weight excluding hydrogens is 202 g/mol. The van der Waals surface area contributed by atoms with Crippen molar-refractivity contribution in [3.05, 3.63) is 30.3 Å². The van der Waals surface area contributed by atoms with Crippen LogP contribution in [0.15, 0.2) is 30.3 Å². The number of unbranched alkanes of at least 4 members (excludes halogenated alkanes) is 1. The van der Waals surface area contributed by atoms with E-state index in [1.165, 1.54) is 4.80 Å². The zero-order chi connectivity index (χ0) is 11.2. The molecule has 0 amide bonds. The molecule has 1 aromatic carbocycles. The van der Waals surface area contributed by atoms with Crippen molar-refractivity contribution < 1.29 is 0 Å². The summed E-state index contributed by atoms with van der Waals surface area (Å²) in [5, 5.41) is 20.5. The van der Waals surface area contributed by atoms with E-state index in [9.17, 15) is 0 Å². The molecule has 0 atom stereocenters. The summed E-state index contributed by atoms with van der Waals surface area (Å²) < 4.78 is 0. The summed E-state index contributed by atoms with van der Waals surface area (Å²) in [4.78, 5) is 1.53. The zero-order valence-electron chi connectivity index (χ0n) is 8.74. The van der Waals surface area contributed by atoms with Crippen molar-refractivity contribution >= 4 is 0 Å². The molecule has 2 aromatic rings. The van der Waals surface area contributed by atoms with Crippen molar-refractivity contribution in [2.45, 2.75) is 19.4 Å². The molecule has 2 rings (SSSR count). The predicted molar refractivity (Wildman–Crippen MR) is 58.1 cm³/mol. The monoisotopic (exact) mass is 213 g/mol. The molecule has 0 unspecified atom stereocenters. The molecule has 80 valence electrons. The van der Waals surface area contributed by atoms with E-state index in [4.69, 9.17) is 5.26 Å². The summed E-state index contributed by atoms with van der Waals surface area (Å²) in [7, 11) is 0. The maximum Gasteiger partial charge on any atom is 0.204 e. The van der Waals surface area contributed by atoms with Crippen LogP contribution in [0.4, 0.5) is 0 Å². The van der Waals surface area contributed by atoms with Gasteiger partial charge in [0.2, 0.25) is 5.82 Å². The second kappa shape index (κ2) is 5.03. The van der Waals surface area contributed by atoms with E-state index in [0.29, 0.717) is 18.8 Å². The molecule has 0 aliphatic rings. The first-order valence-corrected chi connectivity index (χ1v) is 5.10. The standard InChI is InChI=1S/C11H11N5/c12-8-4-5-9-16-14-11(13-15-16)10-6-2-1-3-7-10/h1-3,6-7H,4-5,9H2. The van der Waals surface area contributed by atoms with Gasteiger partial charge < -0.3 is 0 Å². The molecule has 0 radical (unpaired) electrons. The van der Waals surface area contributed by atoms with Crippen molar-refractivity contribution in [2.75, 3.05) is 0 Å². The van der Waals surface area contributed by atoms with Crippen molar-refractivity contribution in [1.29, 1.82) is 5.26 Å². The van der Waals surface area contributed by atoms with Gasteiger partial charge in [-0.2, -0.15) is 10.1 Å². The highest BCUT2D eigenvalue weighted by Gasteiger charge is 2.04. The third kappa shape index (κ3) is 2.42. The van der Waals surface area contributed by atoms with Gasteiger partial charge in [-0.3, -0.25) is 0 Å². The molecule has 0 spiro atoms. The van der Waals surface area contributed by atoms with Gasteiger partial charge in [-0.15, -0.1) is 10.2 Å². The molecule has 0 bridgehead atoms. The highest BCUT2D eigenvalue weighted by molar-refractivity contribution is 5.52. The van der Waals surface area contributed by atoms with E-state index in [0.717, 1.165) is 12.0 Å². The molecule has 5 nitrogen and oxygen atoms in total. The van der Waals surface area contributed by atoms with E-state index in [-0.39, 0.29) is 0 Å². The Morgan fingerprint density at radius 1 is 1.25 bits per heavy atom. The lowest BCUT2D eigenvalue weighted by molar-refractivity contribution is 0.504. The maximum atomic E-state index is 8.41. The van der Waals surface area contributed by atoms with E-state index in [1.807, 2.05) is 30.3 Å². The van der Waals surface area contributed by atoms with E-state index < -0.39 is 0 Å². The Morgan fingerprint density at radius 3 is 2.81 bits per heavy atom. The normalized spacial score (nSPS) is 9.94. The van der Waals surface area contributed by atoms with Gasteiger partial charge in [0, 0.05) is 12.0 Å². The minimum Gasteiger partial charge on any atom is -0.198 e. The fraction of sp³-hybridized carbons (Fsp3) is 0.273. The van der Waals surface area contributed by atoms with E-state index in [1.54, 1.807) is 0 Å². The third-order valence-corrected chi connectivity index (χ3v) is 2.13. The first-order chi connectivity index (χ1) is 7.90. The van der Waals surface area contributed by atoms with Crippen molar-refractivity contribution in [3.63, 3.8) is 0 Å². The number of benzene rings is 1. The van der Waals surface area contributed by atoms with Crippen LogP contribution in [-0.4, -0.2) is 20.2 Å². The molecule has 0 fully saturated rings. The SMILES string of the molecule is N#CCCCn1nnc(-c2ccccc2)n1. The smallest absolute Gasteiger partial charge is 0.198 e. The van der Waals surface area contributed by atoms with Crippen LogP contribution in [-0.2, 0) is 6.54 Å². The third-order valence-electron chi connectivity index (χ3n) is 2.13. The Bertz CT molecular complexity index is 483. The Kier molecular flexibility index (Phi) is 3.24. The average Bonchev–Trinajstić information content (AvgIpc) is 2.79. The number of hydrogen-bond donors (Lipinski definition) is 0. The molecule has 0 saturated carbocycles. The number of nitriles is 1. The highest BCUT2D eigenvalue weighted by Crippen LogP contribution is 2.11. The molecule has 5 heteroatoms. The first kappa shape index (κ1) is 10.3. The average molecular weight is 213 g/mol. The first-order valence-electron chi connectivity index (χ1n) is 5.10. The van der Waals surface area contributed by atoms with Gasteiger partial charge in [0.1, 0.15) is 0 Å². The largest absolute Gasteiger partial charge is 0.204 e. The quantitative estimate of drug-likeness (QED) is 0.724. The number of rotatable bonds is 4. The van der Waals surface area contributed by atoms with Crippen LogP contribution < -0.4 is 0 Å². The lowest BCUT2D eigenvalue weighted by Gasteiger charge is -1.94. The van der Waals surface area contributed by atoms with Gasteiger partial charge in [0.15, 0.2) is 0 Å². The lowest BCUT2D eigenvalue weighted by Crippen LogP contribution is -2.02. The Hall–Kier alpha value is -2.22. The van der Waals surface area contributed by atoms with Crippen molar-refractivity contribution in [1.82, 2.24) is 20.2 Å². The lowest BCUT2D eigenvalue weighted by atomic mass is 10.2. The van der Waals surface area contributed by atoms with Gasteiger partial charge in [0.25, 0.3) is 0 Å². The molecule has 0 aliphatic carbocycles. The van der Waals surface area contributed by atoms with Gasteiger partial charge in [-0.05, 0) is 11.6 Å². The van der Waals surface area contributed by atoms with Gasteiger partial charge in [0.05, 0.1) is 12.6 Å². The Morgan fingerprint density at radius 2 is 2.06 bits per heavy atom. The van der Waals surface area contributed by atoms with Gasteiger partial charge >= 0.3 is 0 Å². The molecule has 16 heavy (non-hydrogen) atoms. The molecule has 1 heterocycles.